The Balaban J connectivity index is 1.00. The highest BCUT2D eigenvalue weighted by Gasteiger charge is 2.19. The summed E-state index contributed by atoms with van der Waals surface area (Å²) < 4.78 is 7.45. The van der Waals surface area contributed by atoms with E-state index < -0.39 is 0 Å². The van der Waals surface area contributed by atoms with Gasteiger partial charge in [-0.25, -0.2) is 15.0 Å². The van der Waals surface area contributed by atoms with Crippen molar-refractivity contribution in [3.8, 4) is 39.9 Å². The summed E-state index contributed by atoms with van der Waals surface area (Å²) in [5.74, 6) is 1.95. The van der Waals surface area contributed by atoms with E-state index in [-0.39, 0.29) is 0 Å². The molecule has 0 amide bonds. The molecule has 0 unspecified atom stereocenters. The van der Waals surface area contributed by atoms with Crippen LogP contribution in [0.25, 0.3) is 124 Å². The fraction of sp³-hybridized carbons (Fsp3) is 0. The van der Waals surface area contributed by atoms with Crippen LogP contribution in [-0.2, 0) is 0 Å². The van der Waals surface area contributed by atoms with Gasteiger partial charge in [-0.3, -0.25) is 0 Å². The highest BCUT2D eigenvalue weighted by molar-refractivity contribution is 7.26. The molecule has 4 heterocycles. The van der Waals surface area contributed by atoms with Crippen molar-refractivity contribution in [2.45, 2.75) is 0 Å². The molecule has 0 spiro atoms. The van der Waals surface area contributed by atoms with Crippen molar-refractivity contribution < 1.29 is 0 Å². The molecule has 9 aromatic carbocycles. The first-order valence-electron chi connectivity index (χ1n) is 19.8. The van der Waals surface area contributed by atoms with Gasteiger partial charge in [0, 0.05) is 73.5 Å². The molecular weight excluding hydrogens is 757 g/mol. The third kappa shape index (κ3) is 5.04. The van der Waals surface area contributed by atoms with Gasteiger partial charge in [0.15, 0.2) is 17.5 Å². The van der Waals surface area contributed by atoms with Crippen LogP contribution >= 0.6 is 22.7 Å². The Kier molecular flexibility index (Phi) is 7.02. The largest absolute Gasteiger partial charge is 0.309 e. The van der Waals surface area contributed by atoms with Crippen LogP contribution in [0.15, 0.2) is 182 Å². The van der Waals surface area contributed by atoms with Crippen molar-refractivity contribution in [3.63, 3.8) is 0 Å². The summed E-state index contributed by atoms with van der Waals surface area (Å²) >= 11 is 3.63. The van der Waals surface area contributed by atoms with Crippen molar-refractivity contribution >= 4 is 106 Å². The molecule has 0 atom stereocenters. The fourth-order valence-corrected chi connectivity index (χ4v) is 11.3. The first-order chi connectivity index (χ1) is 29.2. The second kappa shape index (κ2) is 12.6. The molecule has 13 rings (SSSR count). The van der Waals surface area contributed by atoms with E-state index in [4.69, 9.17) is 15.0 Å². The molecular formula is C53H30N4S2. The lowest BCUT2D eigenvalue weighted by molar-refractivity contribution is 1.07. The van der Waals surface area contributed by atoms with Gasteiger partial charge in [-0.15, -0.1) is 22.7 Å². The molecule has 0 aliphatic carbocycles. The number of aromatic nitrogens is 4. The number of hydrogen-bond donors (Lipinski definition) is 0. The van der Waals surface area contributed by atoms with Crippen molar-refractivity contribution in [1.82, 2.24) is 19.5 Å². The molecule has 6 heteroatoms. The monoisotopic (exact) mass is 786 g/mol. The molecule has 0 N–H and O–H groups in total. The van der Waals surface area contributed by atoms with E-state index >= 15 is 0 Å². The van der Waals surface area contributed by atoms with Crippen LogP contribution in [0, 0.1) is 0 Å². The molecule has 59 heavy (non-hydrogen) atoms. The van der Waals surface area contributed by atoms with Crippen LogP contribution in [0.3, 0.4) is 0 Å². The number of benzene rings is 9. The number of rotatable bonds is 4. The highest BCUT2D eigenvalue weighted by atomic mass is 32.1. The van der Waals surface area contributed by atoms with Gasteiger partial charge in [0.05, 0.1) is 11.0 Å². The Labute approximate surface area is 345 Å². The van der Waals surface area contributed by atoms with E-state index in [1.165, 1.54) is 83.7 Å². The van der Waals surface area contributed by atoms with E-state index in [1.807, 2.05) is 22.7 Å². The summed E-state index contributed by atoms with van der Waals surface area (Å²) in [6, 6.07) is 65.6. The summed E-state index contributed by atoms with van der Waals surface area (Å²) in [5, 5.41) is 12.5. The van der Waals surface area contributed by atoms with Gasteiger partial charge in [0.2, 0.25) is 0 Å². The van der Waals surface area contributed by atoms with Gasteiger partial charge >= 0.3 is 0 Å². The quantitative estimate of drug-likeness (QED) is 0.178. The van der Waals surface area contributed by atoms with Gasteiger partial charge in [0.25, 0.3) is 0 Å². The molecule has 0 saturated heterocycles. The average Bonchev–Trinajstić information content (AvgIpc) is 3.98. The van der Waals surface area contributed by atoms with Gasteiger partial charge in [0.1, 0.15) is 0 Å². The Morgan fingerprint density at radius 3 is 1.24 bits per heavy atom. The average molecular weight is 787 g/mol. The lowest BCUT2D eigenvalue weighted by atomic mass is 10.00. The SMILES string of the molecule is c1ccc2c(c1)ccc1c2c2c3ccccc3ccc2n1-c1ccc(-c2nc(-c3ccc4sc5ccccc5c4c3)nc(-c3ccc4sc5ccccc5c4c3)n2)cc1. The lowest BCUT2D eigenvalue weighted by Gasteiger charge is -2.11. The van der Waals surface area contributed by atoms with Crippen LogP contribution in [0.5, 0.6) is 0 Å². The number of thiophene rings is 2. The minimum atomic E-state index is 0.640. The van der Waals surface area contributed by atoms with Crippen LogP contribution < -0.4 is 0 Å². The molecule has 0 radical (unpaired) electrons. The molecule has 274 valence electrons. The van der Waals surface area contributed by atoms with Crippen LogP contribution in [-0.4, -0.2) is 19.5 Å². The number of nitrogens with zero attached hydrogens (tertiary/aromatic N) is 4. The maximum absolute atomic E-state index is 5.21. The minimum Gasteiger partial charge on any atom is -0.309 e. The Morgan fingerprint density at radius 1 is 0.322 bits per heavy atom. The smallest absolute Gasteiger partial charge is 0.164 e. The summed E-state index contributed by atoms with van der Waals surface area (Å²) in [4.78, 5) is 15.6. The van der Waals surface area contributed by atoms with Gasteiger partial charge < -0.3 is 4.57 Å². The molecule has 0 aliphatic heterocycles. The van der Waals surface area contributed by atoms with Crippen LogP contribution in [0.4, 0.5) is 0 Å². The van der Waals surface area contributed by atoms with Crippen molar-refractivity contribution in [3.05, 3.63) is 182 Å². The van der Waals surface area contributed by atoms with Crippen LogP contribution in [0.2, 0.25) is 0 Å². The highest BCUT2D eigenvalue weighted by Crippen LogP contribution is 2.42. The lowest BCUT2D eigenvalue weighted by Crippen LogP contribution is -2.00. The van der Waals surface area contributed by atoms with Crippen LogP contribution in [0.1, 0.15) is 0 Å². The fourth-order valence-electron chi connectivity index (χ4n) is 9.08. The summed E-state index contributed by atoms with van der Waals surface area (Å²) in [7, 11) is 0. The van der Waals surface area contributed by atoms with Crippen molar-refractivity contribution in [2.75, 3.05) is 0 Å². The predicted molar refractivity (Wildman–Crippen MR) is 251 cm³/mol. The summed E-state index contributed by atoms with van der Waals surface area (Å²) in [6.07, 6.45) is 0. The zero-order valence-corrected chi connectivity index (χ0v) is 33.1. The van der Waals surface area contributed by atoms with E-state index in [1.54, 1.807) is 0 Å². The van der Waals surface area contributed by atoms with Gasteiger partial charge in [-0.1, -0.05) is 97.1 Å². The predicted octanol–water partition coefficient (Wildman–Crippen LogP) is 15.0. The van der Waals surface area contributed by atoms with Gasteiger partial charge in [-0.05, 0) is 106 Å². The maximum Gasteiger partial charge on any atom is 0.164 e. The third-order valence-corrected chi connectivity index (χ3v) is 14.1. The zero-order chi connectivity index (χ0) is 38.6. The summed E-state index contributed by atoms with van der Waals surface area (Å²) in [5.41, 5.74) is 6.31. The minimum absolute atomic E-state index is 0.640. The first-order valence-corrected chi connectivity index (χ1v) is 21.4. The maximum atomic E-state index is 5.21. The Bertz CT molecular complexity index is 3630. The topological polar surface area (TPSA) is 43.6 Å². The Hall–Kier alpha value is -7.25. The van der Waals surface area contributed by atoms with Crippen molar-refractivity contribution in [1.29, 1.82) is 0 Å². The second-order valence-corrected chi connectivity index (χ2v) is 17.3. The molecule has 0 bridgehead atoms. The van der Waals surface area contributed by atoms with E-state index in [0.29, 0.717) is 17.5 Å². The van der Waals surface area contributed by atoms with E-state index in [2.05, 4.69) is 187 Å². The van der Waals surface area contributed by atoms with Gasteiger partial charge in [-0.2, -0.15) is 0 Å². The number of hydrogen-bond acceptors (Lipinski definition) is 5. The number of fused-ring (bicyclic) bond motifs is 13. The molecule has 0 aliphatic rings. The molecule has 13 aromatic rings. The summed E-state index contributed by atoms with van der Waals surface area (Å²) in [6.45, 7) is 0. The standard InChI is InChI=1S/C53H30N4S2/c1-3-11-37-31(9-1)19-25-43-49(37)50-38-12-4-2-10-32(38)20-26-44(50)57(43)36-23-17-33(18-24-36)51-54-52(34-21-27-47-41(29-34)39-13-5-7-15-45(39)58-47)56-53(55-51)35-22-28-48-42(30-35)40-14-6-8-16-46(40)59-48/h1-30H. The molecule has 0 fully saturated rings. The second-order valence-electron chi connectivity index (χ2n) is 15.2. The molecule has 4 aromatic heterocycles. The van der Waals surface area contributed by atoms with E-state index in [0.717, 1.165) is 22.4 Å². The third-order valence-electron chi connectivity index (χ3n) is 11.8. The zero-order valence-electron chi connectivity index (χ0n) is 31.4. The van der Waals surface area contributed by atoms with E-state index in [9.17, 15) is 0 Å². The Morgan fingerprint density at radius 2 is 0.729 bits per heavy atom. The van der Waals surface area contributed by atoms with Crippen molar-refractivity contribution in [2.24, 2.45) is 0 Å². The molecule has 4 nitrogen and oxygen atoms in total. The molecule has 0 saturated carbocycles. The normalized spacial score (nSPS) is 12.1. The first kappa shape index (κ1) is 32.8.